The number of aliphatic carboxylic acids is 1. The Balaban J connectivity index is 3.37. The third-order valence-corrected chi connectivity index (χ3v) is 8.39. The molecule has 37 heavy (non-hydrogen) atoms. The average Bonchev–Trinajstić information content (AvgIpc) is 2.84. The highest BCUT2D eigenvalue weighted by atomic mass is 32.2. The molecule has 2 amide bonds. The molecule has 0 saturated heterocycles. The van der Waals surface area contributed by atoms with Crippen molar-refractivity contribution in [3.8, 4) is 5.75 Å². The number of carboxylic acid groups (broad SMARTS) is 1. The van der Waals surface area contributed by atoms with Crippen LogP contribution >= 0.6 is 11.8 Å². The van der Waals surface area contributed by atoms with Gasteiger partial charge in [-0.1, -0.05) is 45.9 Å². The second-order valence-electron chi connectivity index (χ2n) is 10.8. The van der Waals surface area contributed by atoms with Crippen LogP contribution in [0.5, 0.6) is 5.75 Å². The molecule has 0 aliphatic heterocycles. The molecule has 0 fully saturated rings. The van der Waals surface area contributed by atoms with Crippen LogP contribution in [0.1, 0.15) is 54.0 Å². The summed E-state index contributed by atoms with van der Waals surface area (Å²) in [6, 6.07) is 5.66. The highest BCUT2D eigenvalue weighted by molar-refractivity contribution is 8.00. The van der Waals surface area contributed by atoms with Gasteiger partial charge in [0.25, 0.3) is 0 Å². The lowest BCUT2D eigenvalue weighted by Crippen LogP contribution is -2.63. The van der Waals surface area contributed by atoms with Crippen LogP contribution in [0, 0.1) is 5.92 Å². The zero-order chi connectivity index (χ0) is 28.7. The molecule has 208 valence electrons. The summed E-state index contributed by atoms with van der Waals surface area (Å²) in [5.41, 5.74) is 0.510. The number of methoxy groups -OCH3 is 1. The molecule has 3 atom stereocenters. The molecule has 0 heterocycles. The van der Waals surface area contributed by atoms with Crippen LogP contribution in [-0.4, -0.2) is 78.1 Å². The van der Waals surface area contributed by atoms with Crippen molar-refractivity contribution >= 4 is 29.5 Å². The summed E-state index contributed by atoms with van der Waals surface area (Å²) >= 11 is 1.48. The fourth-order valence-corrected chi connectivity index (χ4v) is 4.71. The van der Waals surface area contributed by atoms with Gasteiger partial charge in [-0.15, -0.1) is 0 Å². The van der Waals surface area contributed by atoms with Crippen molar-refractivity contribution in [3.05, 3.63) is 41.5 Å². The average molecular weight is 536 g/mol. The van der Waals surface area contributed by atoms with Gasteiger partial charge in [-0.05, 0) is 57.7 Å². The van der Waals surface area contributed by atoms with Gasteiger partial charge >= 0.3 is 5.97 Å². The van der Waals surface area contributed by atoms with Crippen LogP contribution in [-0.2, 0) is 19.8 Å². The third kappa shape index (κ3) is 7.98. The lowest BCUT2D eigenvalue weighted by Gasteiger charge is -2.40. The number of rotatable bonds is 13. The normalized spacial score (nSPS) is 15.1. The molecule has 0 unspecified atom stereocenters. The fourth-order valence-electron chi connectivity index (χ4n) is 4.31. The number of hydrogen-bond donors (Lipinski definition) is 3. The first-order chi connectivity index (χ1) is 17.0. The zero-order valence-corrected chi connectivity index (χ0v) is 24.9. The highest BCUT2D eigenvalue weighted by Crippen LogP contribution is 2.31. The van der Waals surface area contributed by atoms with Gasteiger partial charge < -0.3 is 25.4 Å². The van der Waals surface area contributed by atoms with Gasteiger partial charge in [-0.3, -0.25) is 9.59 Å². The Morgan fingerprint density at radius 1 is 1.08 bits per heavy atom. The minimum Gasteiger partial charge on any atom is -0.497 e. The lowest BCUT2D eigenvalue weighted by molar-refractivity contribution is -0.138. The molecule has 0 radical (unpaired) electrons. The van der Waals surface area contributed by atoms with Crippen molar-refractivity contribution in [1.29, 1.82) is 0 Å². The largest absolute Gasteiger partial charge is 0.497 e. The monoisotopic (exact) mass is 535 g/mol. The van der Waals surface area contributed by atoms with Crippen molar-refractivity contribution < 1.29 is 24.2 Å². The Labute approximate surface area is 226 Å². The number of amides is 2. The molecule has 9 heteroatoms. The van der Waals surface area contributed by atoms with Gasteiger partial charge in [0, 0.05) is 22.8 Å². The van der Waals surface area contributed by atoms with E-state index in [1.54, 1.807) is 32.2 Å². The number of benzene rings is 1. The number of thioether (sulfide) groups is 1. The van der Waals surface area contributed by atoms with Crippen LogP contribution in [0.4, 0.5) is 0 Å². The highest BCUT2D eigenvalue weighted by Gasteiger charge is 2.43. The first kappa shape index (κ1) is 32.5. The smallest absolute Gasteiger partial charge is 0.331 e. The number of carbonyl (C=O) groups is 3. The fraction of sp³-hybridized carbons (Fsp3) is 0.607. The number of hydrogen-bond acceptors (Lipinski definition) is 6. The second-order valence-corrected chi connectivity index (χ2v) is 12.2. The van der Waals surface area contributed by atoms with Gasteiger partial charge in [-0.2, -0.15) is 11.8 Å². The zero-order valence-electron chi connectivity index (χ0n) is 24.1. The maximum Gasteiger partial charge on any atom is 0.331 e. The van der Waals surface area contributed by atoms with E-state index in [1.165, 1.54) is 18.7 Å². The van der Waals surface area contributed by atoms with Crippen molar-refractivity contribution in [2.75, 3.05) is 27.5 Å². The van der Waals surface area contributed by atoms with Crippen LogP contribution in [0.3, 0.4) is 0 Å². The summed E-state index contributed by atoms with van der Waals surface area (Å²) in [7, 11) is 4.99. The molecular weight excluding hydrogens is 490 g/mol. The quantitative estimate of drug-likeness (QED) is 0.331. The minimum atomic E-state index is -1.03. The van der Waals surface area contributed by atoms with E-state index in [0.717, 1.165) is 11.3 Å². The molecule has 0 spiro atoms. The number of carboxylic acids is 1. The molecular formula is C28H45N3O5S. The molecule has 0 saturated carbocycles. The number of likely N-dealkylation sites (N-methyl/N-ethyl adjacent to an activating group) is 2. The Bertz CT molecular complexity index is 973. The maximum absolute atomic E-state index is 13.9. The van der Waals surface area contributed by atoms with E-state index in [4.69, 9.17) is 4.74 Å². The van der Waals surface area contributed by atoms with E-state index in [0.29, 0.717) is 0 Å². The van der Waals surface area contributed by atoms with Gasteiger partial charge in [0.15, 0.2) is 0 Å². The van der Waals surface area contributed by atoms with Gasteiger partial charge in [0.05, 0.1) is 19.2 Å². The number of nitrogens with zero attached hydrogens (tertiary/aromatic N) is 1. The Morgan fingerprint density at radius 3 is 2.03 bits per heavy atom. The van der Waals surface area contributed by atoms with Crippen molar-refractivity contribution in [2.24, 2.45) is 5.92 Å². The topological polar surface area (TPSA) is 108 Å². The standard InChI is InChI=1S/C28H45N3O5S/c1-17(2)21(16-18(3)26(34)35)31(9)25(33)23(28(6,7)37-11)30-24(32)22(29-8)27(4,5)19-12-14-20(36-10)15-13-19/h12-17,21-23,29H,1-11H3,(H,30,32)(H,34,35)/b18-16+/t21-,22-,23-/m1/s1. The van der Waals surface area contributed by atoms with Crippen LogP contribution in [0.2, 0.25) is 0 Å². The molecule has 8 nitrogen and oxygen atoms in total. The molecule has 1 aromatic carbocycles. The van der Waals surface area contributed by atoms with Crippen molar-refractivity contribution in [1.82, 2.24) is 15.5 Å². The van der Waals surface area contributed by atoms with Gasteiger partial charge in [0.1, 0.15) is 11.8 Å². The summed E-state index contributed by atoms with van der Waals surface area (Å²) < 4.78 is 4.64. The summed E-state index contributed by atoms with van der Waals surface area (Å²) in [6.45, 7) is 13.2. The van der Waals surface area contributed by atoms with E-state index < -0.39 is 34.3 Å². The Hall–Kier alpha value is -2.52. The summed E-state index contributed by atoms with van der Waals surface area (Å²) in [4.78, 5) is 40.6. The third-order valence-electron chi connectivity index (χ3n) is 7.10. The summed E-state index contributed by atoms with van der Waals surface area (Å²) in [5.74, 6) is -0.907. The molecule has 1 rings (SSSR count). The van der Waals surface area contributed by atoms with Gasteiger partial charge in [-0.25, -0.2) is 4.79 Å². The number of nitrogens with one attached hydrogen (secondary N) is 2. The number of ether oxygens (including phenoxy) is 1. The molecule has 1 aromatic rings. The summed E-state index contributed by atoms with van der Waals surface area (Å²) in [5, 5.41) is 15.5. The van der Waals surface area contributed by atoms with Crippen LogP contribution in [0.15, 0.2) is 35.9 Å². The number of carbonyl (C=O) groups excluding carboxylic acids is 2. The predicted molar refractivity (Wildman–Crippen MR) is 151 cm³/mol. The molecule has 0 aliphatic rings. The molecule has 3 N–H and O–H groups in total. The lowest BCUT2D eigenvalue weighted by atomic mass is 9.77. The first-order valence-electron chi connectivity index (χ1n) is 12.4. The van der Waals surface area contributed by atoms with E-state index in [9.17, 15) is 19.5 Å². The first-order valence-corrected chi connectivity index (χ1v) is 13.6. The SMILES string of the molecule is CN[C@H](C(=O)N[C@H](C(=O)N(C)[C@H](/C=C(\C)C(=O)O)C(C)C)C(C)(C)SC)C(C)(C)c1ccc(OC)cc1. The summed E-state index contributed by atoms with van der Waals surface area (Å²) in [6.07, 6.45) is 3.50. The van der Waals surface area contributed by atoms with Crippen LogP contribution in [0.25, 0.3) is 0 Å². The van der Waals surface area contributed by atoms with E-state index in [1.807, 2.05) is 72.1 Å². The molecule has 0 aliphatic carbocycles. The van der Waals surface area contributed by atoms with Crippen molar-refractivity contribution in [2.45, 2.75) is 76.8 Å². The Kier molecular flexibility index (Phi) is 11.7. The van der Waals surface area contributed by atoms with Gasteiger partial charge in [0.2, 0.25) is 11.8 Å². The second kappa shape index (κ2) is 13.3. The van der Waals surface area contributed by atoms with Crippen LogP contribution < -0.4 is 15.4 Å². The molecule has 0 bridgehead atoms. The maximum atomic E-state index is 13.9. The Morgan fingerprint density at radius 2 is 1.62 bits per heavy atom. The minimum absolute atomic E-state index is 0.0314. The van der Waals surface area contributed by atoms with E-state index in [2.05, 4.69) is 10.6 Å². The predicted octanol–water partition coefficient (Wildman–Crippen LogP) is 3.70. The van der Waals surface area contributed by atoms with Crippen molar-refractivity contribution in [3.63, 3.8) is 0 Å². The van der Waals surface area contributed by atoms with E-state index >= 15 is 0 Å². The molecule has 0 aromatic heterocycles. The van der Waals surface area contributed by atoms with E-state index in [-0.39, 0.29) is 23.3 Å².